The largest absolute Gasteiger partial charge is 0.336 e. The van der Waals surface area contributed by atoms with Crippen LogP contribution < -0.4 is 0 Å². The fourth-order valence-electron chi connectivity index (χ4n) is 2.32. The smallest absolute Gasteiger partial charge is 0.254 e. The minimum absolute atomic E-state index is 0.0673. The van der Waals surface area contributed by atoms with Gasteiger partial charge in [-0.25, -0.2) is 4.39 Å². The van der Waals surface area contributed by atoms with Crippen LogP contribution in [0.1, 0.15) is 35.7 Å². The van der Waals surface area contributed by atoms with Gasteiger partial charge in [0.05, 0.1) is 0 Å². The van der Waals surface area contributed by atoms with Crippen LogP contribution in [0.3, 0.4) is 0 Å². The number of carbonyl (C=O) groups is 1. The zero-order valence-electron chi connectivity index (χ0n) is 11.8. The third-order valence-corrected chi connectivity index (χ3v) is 3.66. The van der Waals surface area contributed by atoms with Gasteiger partial charge in [0.2, 0.25) is 0 Å². The van der Waals surface area contributed by atoms with Crippen molar-refractivity contribution in [3.05, 3.63) is 35.1 Å². The number of hydrogen-bond donors (Lipinski definition) is 0. The number of amides is 1. The summed E-state index contributed by atoms with van der Waals surface area (Å²) in [4.78, 5) is 16.3. The SMILES string of the molecule is CC(C)c1ccc(C(=O)N2CCN(C)CC2)cc1F. The molecule has 1 heterocycles. The van der Waals surface area contributed by atoms with Gasteiger partial charge in [0.1, 0.15) is 5.82 Å². The maximum atomic E-state index is 13.9. The normalized spacial score (nSPS) is 17.0. The molecule has 1 aliphatic heterocycles. The molecule has 3 nitrogen and oxygen atoms in total. The first-order chi connectivity index (χ1) is 8.99. The van der Waals surface area contributed by atoms with Crippen LogP contribution in [0.4, 0.5) is 4.39 Å². The lowest BCUT2D eigenvalue weighted by Gasteiger charge is -2.32. The van der Waals surface area contributed by atoms with Gasteiger partial charge in [0.15, 0.2) is 0 Å². The molecule has 0 aliphatic carbocycles. The predicted octanol–water partition coefficient (Wildman–Crippen LogP) is 2.34. The van der Waals surface area contributed by atoms with Gasteiger partial charge in [-0.15, -0.1) is 0 Å². The molecule has 1 aromatic rings. The molecule has 0 radical (unpaired) electrons. The first-order valence-electron chi connectivity index (χ1n) is 6.76. The molecule has 19 heavy (non-hydrogen) atoms. The lowest BCUT2D eigenvalue weighted by molar-refractivity contribution is 0.0663. The van der Waals surface area contributed by atoms with Gasteiger partial charge in [-0.2, -0.15) is 0 Å². The fourth-order valence-corrected chi connectivity index (χ4v) is 2.32. The lowest BCUT2D eigenvalue weighted by atomic mass is 10.0. The van der Waals surface area contributed by atoms with E-state index < -0.39 is 0 Å². The summed E-state index contributed by atoms with van der Waals surface area (Å²) in [7, 11) is 2.04. The minimum Gasteiger partial charge on any atom is -0.336 e. The molecule has 1 amide bonds. The number of benzene rings is 1. The van der Waals surface area contributed by atoms with E-state index in [-0.39, 0.29) is 17.6 Å². The van der Waals surface area contributed by atoms with Crippen LogP contribution in [0.2, 0.25) is 0 Å². The van der Waals surface area contributed by atoms with Crippen LogP contribution in [0.15, 0.2) is 18.2 Å². The standard InChI is InChI=1S/C15H21FN2O/c1-11(2)13-5-4-12(10-14(13)16)15(19)18-8-6-17(3)7-9-18/h4-5,10-11H,6-9H2,1-3H3. The number of nitrogens with zero attached hydrogens (tertiary/aromatic N) is 2. The molecule has 2 rings (SSSR count). The second-order valence-electron chi connectivity index (χ2n) is 5.49. The second-order valence-corrected chi connectivity index (χ2v) is 5.49. The molecule has 0 atom stereocenters. The molecule has 0 N–H and O–H groups in total. The summed E-state index contributed by atoms with van der Waals surface area (Å²) in [5.41, 5.74) is 1.11. The maximum Gasteiger partial charge on any atom is 0.254 e. The highest BCUT2D eigenvalue weighted by molar-refractivity contribution is 5.94. The molecule has 0 saturated carbocycles. The van der Waals surface area contributed by atoms with Crippen molar-refractivity contribution >= 4 is 5.91 Å². The summed E-state index contributed by atoms with van der Waals surface area (Å²) in [5, 5.41) is 0. The van der Waals surface area contributed by atoms with Crippen molar-refractivity contribution in [2.75, 3.05) is 33.2 Å². The van der Waals surface area contributed by atoms with Crippen LogP contribution in [0.5, 0.6) is 0 Å². The molecular weight excluding hydrogens is 243 g/mol. The third kappa shape index (κ3) is 3.13. The molecule has 1 aliphatic rings. The Labute approximate surface area is 114 Å². The Kier molecular flexibility index (Phi) is 4.20. The molecule has 104 valence electrons. The maximum absolute atomic E-state index is 13.9. The summed E-state index contributed by atoms with van der Waals surface area (Å²) in [5.74, 6) is -0.218. The fraction of sp³-hybridized carbons (Fsp3) is 0.533. The van der Waals surface area contributed by atoms with Crippen LogP contribution in [0, 0.1) is 5.82 Å². The summed E-state index contributed by atoms with van der Waals surface area (Å²) in [6.07, 6.45) is 0. The van der Waals surface area contributed by atoms with E-state index in [0.29, 0.717) is 24.2 Å². The zero-order valence-corrected chi connectivity index (χ0v) is 11.8. The van der Waals surface area contributed by atoms with Gasteiger partial charge in [-0.1, -0.05) is 19.9 Å². The van der Waals surface area contributed by atoms with Crippen LogP contribution in [-0.4, -0.2) is 48.9 Å². The number of likely N-dealkylation sites (N-methyl/N-ethyl adjacent to an activating group) is 1. The van der Waals surface area contributed by atoms with Gasteiger partial charge >= 0.3 is 0 Å². The van der Waals surface area contributed by atoms with Gasteiger partial charge in [-0.05, 0) is 30.7 Å². The van der Waals surface area contributed by atoms with E-state index in [2.05, 4.69) is 4.90 Å². The van der Waals surface area contributed by atoms with Crippen LogP contribution >= 0.6 is 0 Å². The highest BCUT2D eigenvalue weighted by Gasteiger charge is 2.21. The van der Waals surface area contributed by atoms with Crippen molar-refractivity contribution in [3.8, 4) is 0 Å². The van der Waals surface area contributed by atoms with E-state index >= 15 is 0 Å². The quantitative estimate of drug-likeness (QED) is 0.818. The van der Waals surface area contributed by atoms with Gasteiger partial charge in [-0.3, -0.25) is 4.79 Å². The van der Waals surface area contributed by atoms with Crippen molar-refractivity contribution < 1.29 is 9.18 Å². The van der Waals surface area contributed by atoms with E-state index in [1.165, 1.54) is 6.07 Å². The second kappa shape index (κ2) is 5.70. The Bertz CT molecular complexity index is 465. The average molecular weight is 264 g/mol. The summed E-state index contributed by atoms with van der Waals surface area (Å²) >= 11 is 0. The topological polar surface area (TPSA) is 23.6 Å². The monoisotopic (exact) mass is 264 g/mol. The zero-order chi connectivity index (χ0) is 14.0. The van der Waals surface area contributed by atoms with Crippen molar-refractivity contribution in [1.82, 2.24) is 9.80 Å². The number of hydrogen-bond acceptors (Lipinski definition) is 2. The Morgan fingerprint density at radius 1 is 1.21 bits per heavy atom. The number of halogens is 1. The predicted molar refractivity (Wildman–Crippen MR) is 73.9 cm³/mol. The van der Waals surface area contributed by atoms with Crippen molar-refractivity contribution in [3.63, 3.8) is 0 Å². The molecule has 0 aromatic heterocycles. The number of rotatable bonds is 2. The van der Waals surface area contributed by atoms with Crippen molar-refractivity contribution in [1.29, 1.82) is 0 Å². The van der Waals surface area contributed by atoms with Crippen LogP contribution in [-0.2, 0) is 0 Å². The van der Waals surface area contributed by atoms with Gasteiger partial charge < -0.3 is 9.80 Å². The molecule has 1 saturated heterocycles. The Morgan fingerprint density at radius 3 is 2.37 bits per heavy atom. The molecule has 1 fully saturated rings. The van der Waals surface area contributed by atoms with E-state index in [4.69, 9.17) is 0 Å². The summed E-state index contributed by atoms with van der Waals surface area (Å²) < 4.78 is 13.9. The van der Waals surface area contributed by atoms with Crippen molar-refractivity contribution in [2.45, 2.75) is 19.8 Å². The van der Waals surface area contributed by atoms with E-state index in [0.717, 1.165) is 13.1 Å². The highest BCUT2D eigenvalue weighted by atomic mass is 19.1. The molecule has 0 unspecified atom stereocenters. The van der Waals surface area contributed by atoms with E-state index in [1.807, 2.05) is 20.9 Å². The molecule has 4 heteroatoms. The van der Waals surface area contributed by atoms with Crippen LogP contribution in [0.25, 0.3) is 0 Å². The molecule has 0 spiro atoms. The lowest BCUT2D eigenvalue weighted by Crippen LogP contribution is -2.47. The Hall–Kier alpha value is -1.42. The van der Waals surface area contributed by atoms with Crippen molar-refractivity contribution in [2.24, 2.45) is 0 Å². The molecular formula is C15H21FN2O. The Morgan fingerprint density at radius 2 is 1.84 bits per heavy atom. The van der Waals surface area contributed by atoms with E-state index in [9.17, 15) is 9.18 Å². The first-order valence-corrected chi connectivity index (χ1v) is 6.76. The van der Waals surface area contributed by atoms with Gasteiger partial charge in [0.25, 0.3) is 5.91 Å². The third-order valence-electron chi connectivity index (χ3n) is 3.66. The number of piperazine rings is 1. The van der Waals surface area contributed by atoms with E-state index in [1.54, 1.807) is 17.0 Å². The highest BCUT2D eigenvalue weighted by Crippen LogP contribution is 2.20. The number of carbonyl (C=O) groups excluding carboxylic acids is 1. The summed E-state index contributed by atoms with van der Waals surface area (Å²) in [6, 6.07) is 4.83. The minimum atomic E-state index is -0.282. The molecule has 1 aromatic carbocycles. The van der Waals surface area contributed by atoms with Gasteiger partial charge in [0, 0.05) is 31.7 Å². The average Bonchev–Trinajstić information content (AvgIpc) is 2.38. The first kappa shape index (κ1) is 14.0. The Balaban J connectivity index is 2.13. The molecule has 0 bridgehead atoms. The summed E-state index contributed by atoms with van der Waals surface area (Å²) in [6.45, 7) is 7.06.